The predicted molar refractivity (Wildman–Crippen MR) is 74.8 cm³/mol. The molecule has 106 valence electrons. The molecule has 7 heteroatoms. The molecule has 0 fully saturated rings. The predicted octanol–water partition coefficient (Wildman–Crippen LogP) is 3.30. The number of hydrogen-bond acceptors (Lipinski definition) is 4. The molecule has 1 aromatic heterocycles. The van der Waals surface area contributed by atoms with Crippen molar-refractivity contribution in [2.45, 2.75) is 13.5 Å². The zero-order valence-electron chi connectivity index (χ0n) is 10.7. The van der Waals surface area contributed by atoms with Crippen molar-refractivity contribution in [3.63, 3.8) is 0 Å². The summed E-state index contributed by atoms with van der Waals surface area (Å²) >= 11 is 3.02. The van der Waals surface area contributed by atoms with Crippen molar-refractivity contribution < 1.29 is 13.5 Å². The number of nitrogen functional groups attached to an aromatic ring is 1. The molecule has 4 nitrogen and oxygen atoms in total. The molecule has 0 aliphatic heterocycles. The second kappa shape index (κ2) is 6.23. The van der Waals surface area contributed by atoms with E-state index in [0.717, 1.165) is 6.07 Å². The van der Waals surface area contributed by atoms with Crippen LogP contribution in [-0.4, -0.2) is 16.6 Å². The monoisotopic (exact) mass is 343 g/mol. The van der Waals surface area contributed by atoms with Gasteiger partial charge in [-0.15, -0.1) is 0 Å². The molecule has 0 spiro atoms. The van der Waals surface area contributed by atoms with Gasteiger partial charge in [0, 0.05) is 12.7 Å². The van der Waals surface area contributed by atoms with Crippen molar-refractivity contribution >= 4 is 21.7 Å². The molecule has 2 N–H and O–H groups in total. The third-order valence-corrected chi connectivity index (χ3v) is 3.14. The second-order valence-electron chi connectivity index (χ2n) is 3.95. The molecular formula is C13H12BrF2N3O. The van der Waals surface area contributed by atoms with Crippen LogP contribution in [0, 0.1) is 11.6 Å². The average molecular weight is 344 g/mol. The lowest BCUT2D eigenvalue weighted by Gasteiger charge is -2.09. The van der Waals surface area contributed by atoms with Crippen LogP contribution in [0.3, 0.4) is 0 Å². The van der Waals surface area contributed by atoms with Gasteiger partial charge in [-0.25, -0.2) is 18.7 Å². The van der Waals surface area contributed by atoms with Gasteiger partial charge < -0.3 is 10.5 Å². The first kappa shape index (κ1) is 14.8. The van der Waals surface area contributed by atoms with Crippen LogP contribution >= 0.6 is 15.9 Å². The van der Waals surface area contributed by atoms with Crippen LogP contribution in [0.25, 0.3) is 11.3 Å². The second-order valence-corrected chi connectivity index (χ2v) is 4.80. The maximum Gasteiger partial charge on any atom is 0.157 e. The van der Waals surface area contributed by atoms with Crippen LogP contribution in [0.1, 0.15) is 12.7 Å². The van der Waals surface area contributed by atoms with Gasteiger partial charge in [0.1, 0.15) is 24.1 Å². The van der Waals surface area contributed by atoms with Crippen molar-refractivity contribution in [1.29, 1.82) is 0 Å². The molecule has 0 bridgehead atoms. The Bertz CT molecular complexity index is 637. The van der Waals surface area contributed by atoms with E-state index in [-0.39, 0.29) is 34.0 Å². The molecule has 0 aliphatic carbocycles. The summed E-state index contributed by atoms with van der Waals surface area (Å²) in [5.41, 5.74) is 5.49. The largest absolute Gasteiger partial charge is 0.384 e. The van der Waals surface area contributed by atoms with Crippen molar-refractivity contribution in [3.8, 4) is 11.3 Å². The van der Waals surface area contributed by atoms with Gasteiger partial charge in [0.15, 0.2) is 5.82 Å². The van der Waals surface area contributed by atoms with E-state index in [0.29, 0.717) is 6.61 Å². The number of nitrogens with two attached hydrogens (primary N) is 1. The quantitative estimate of drug-likeness (QED) is 0.865. The van der Waals surface area contributed by atoms with Crippen LogP contribution < -0.4 is 5.73 Å². The highest BCUT2D eigenvalue weighted by atomic mass is 79.9. The highest BCUT2D eigenvalue weighted by molar-refractivity contribution is 9.10. The van der Waals surface area contributed by atoms with Crippen molar-refractivity contribution in [1.82, 2.24) is 9.97 Å². The molecular weight excluding hydrogens is 332 g/mol. The summed E-state index contributed by atoms with van der Waals surface area (Å²) in [6.45, 7) is 2.43. The van der Waals surface area contributed by atoms with Gasteiger partial charge in [0.2, 0.25) is 0 Å². The highest BCUT2D eigenvalue weighted by Gasteiger charge is 2.17. The van der Waals surface area contributed by atoms with Crippen molar-refractivity contribution in [2.75, 3.05) is 12.3 Å². The van der Waals surface area contributed by atoms with E-state index < -0.39 is 11.6 Å². The summed E-state index contributed by atoms with van der Waals surface area (Å²) in [6.07, 6.45) is 0. The Morgan fingerprint density at radius 3 is 2.75 bits per heavy atom. The van der Waals surface area contributed by atoms with E-state index in [1.807, 2.05) is 6.92 Å². The van der Waals surface area contributed by atoms with E-state index in [9.17, 15) is 8.78 Å². The number of benzene rings is 1. The van der Waals surface area contributed by atoms with Gasteiger partial charge in [-0.1, -0.05) is 0 Å². The molecule has 0 saturated heterocycles. The first-order valence-electron chi connectivity index (χ1n) is 5.88. The topological polar surface area (TPSA) is 61.0 Å². The number of aromatic nitrogens is 2. The lowest BCUT2D eigenvalue weighted by Crippen LogP contribution is -2.05. The minimum Gasteiger partial charge on any atom is -0.384 e. The van der Waals surface area contributed by atoms with Gasteiger partial charge in [-0.05, 0) is 35.0 Å². The minimum absolute atomic E-state index is 0.0866. The maximum absolute atomic E-state index is 14.0. The smallest absolute Gasteiger partial charge is 0.157 e. The Balaban J connectivity index is 2.52. The number of anilines is 1. The number of rotatable bonds is 4. The molecule has 0 amide bonds. The third kappa shape index (κ3) is 3.10. The van der Waals surface area contributed by atoms with Gasteiger partial charge in [-0.2, -0.15) is 0 Å². The van der Waals surface area contributed by atoms with Crippen LogP contribution in [0.15, 0.2) is 22.7 Å². The van der Waals surface area contributed by atoms with E-state index in [2.05, 4.69) is 25.9 Å². The number of hydrogen-bond donors (Lipinski definition) is 1. The molecule has 0 radical (unpaired) electrons. The van der Waals surface area contributed by atoms with Crippen molar-refractivity contribution in [2.24, 2.45) is 0 Å². The van der Waals surface area contributed by atoms with Gasteiger partial charge >= 0.3 is 0 Å². The average Bonchev–Trinajstić information content (AvgIpc) is 2.41. The maximum atomic E-state index is 14.0. The molecule has 0 aliphatic rings. The summed E-state index contributed by atoms with van der Waals surface area (Å²) < 4.78 is 33.2. The van der Waals surface area contributed by atoms with Gasteiger partial charge in [-0.3, -0.25) is 0 Å². The zero-order chi connectivity index (χ0) is 14.7. The SMILES string of the molecule is CCOCc1nc(N)cc(-c2c(F)ccc(Br)c2F)n1. The summed E-state index contributed by atoms with van der Waals surface area (Å²) in [4.78, 5) is 8.05. The molecule has 1 aromatic carbocycles. The van der Waals surface area contributed by atoms with Crippen LogP contribution in [0.5, 0.6) is 0 Å². The lowest BCUT2D eigenvalue weighted by atomic mass is 10.1. The fourth-order valence-electron chi connectivity index (χ4n) is 1.67. The number of halogens is 3. The Morgan fingerprint density at radius 1 is 1.30 bits per heavy atom. The number of nitrogens with zero attached hydrogens (tertiary/aromatic N) is 2. The summed E-state index contributed by atoms with van der Waals surface area (Å²) in [7, 11) is 0. The third-order valence-electron chi connectivity index (χ3n) is 2.53. The van der Waals surface area contributed by atoms with E-state index in [1.54, 1.807) is 0 Å². The fourth-order valence-corrected chi connectivity index (χ4v) is 2.00. The molecule has 20 heavy (non-hydrogen) atoms. The Hall–Kier alpha value is -1.60. The van der Waals surface area contributed by atoms with Gasteiger partial charge in [0.25, 0.3) is 0 Å². The van der Waals surface area contributed by atoms with Gasteiger partial charge in [0.05, 0.1) is 15.7 Å². The minimum atomic E-state index is -0.731. The molecule has 0 saturated carbocycles. The summed E-state index contributed by atoms with van der Waals surface area (Å²) in [5, 5.41) is 0. The Labute approximate surface area is 123 Å². The van der Waals surface area contributed by atoms with E-state index in [1.165, 1.54) is 12.1 Å². The van der Waals surface area contributed by atoms with E-state index in [4.69, 9.17) is 10.5 Å². The normalized spacial score (nSPS) is 10.8. The lowest BCUT2D eigenvalue weighted by molar-refractivity contribution is 0.128. The molecule has 1 heterocycles. The van der Waals surface area contributed by atoms with Crippen LogP contribution in [-0.2, 0) is 11.3 Å². The zero-order valence-corrected chi connectivity index (χ0v) is 12.2. The van der Waals surface area contributed by atoms with Crippen molar-refractivity contribution in [3.05, 3.63) is 40.1 Å². The van der Waals surface area contributed by atoms with Crippen LogP contribution in [0.4, 0.5) is 14.6 Å². The summed E-state index contributed by atoms with van der Waals surface area (Å²) in [5.74, 6) is -1.04. The van der Waals surface area contributed by atoms with E-state index >= 15 is 0 Å². The highest BCUT2D eigenvalue weighted by Crippen LogP contribution is 2.30. The first-order valence-corrected chi connectivity index (χ1v) is 6.67. The summed E-state index contributed by atoms with van der Waals surface area (Å²) in [6, 6.07) is 3.77. The van der Waals surface area contributed by atoms with Crippen LogP contribution in [0.2, 0.25) is 0 Å². The fraction of sp³-hybridized carbons (Fsp3) is 0.231. The Kier molecular flexibility index (Phi) is 4.61. The molecule has 2 rings (SSSR count). The molecule has 2 aromatic rings. The molecule has 0 atom stereocenters. The molecule has 0 unspecified atom stereocenters. The number of ether oxygens (including phenoxy) is 1. The first-order chi connectivity index (χ1) is 9.52. The standard InChI is InChI=1S/C13H12BrF2N3O/c1-2-20-6-11-18-9(5-10(17)19-11)12-8(15)4-3-7(14)13(12)16/h3-5H,2,6H2,1H3,(H2,17,18,19). The Morgan fingerprint density at radius 2 is 2.05 bits per heavy atom.